The van der Waals surface area contributed by atoms with Gasteiger partial charge in [-0.05, 0) is 24.6 Å². The van der Waals surface area contributed by atoms with Gasteiger partial charge in [0.15, 0.2) is 0 Å². The van der Waals surface area contributed by atoms with Crippen molar-refractivity contribution in [2.75, 3.05) is 7.11 Å². The fraction of sp³-hybridized carbons (Fsp3) is 0.357. The first-order chi connectivity index (χ1) is 8.69. The van der Waals surface area contributed by atoms with Crippen molar-refractivity contribution in [1.82, 2.24) is 15.1 Å². The van der Waals surface area contributed by atoms with Gasteiger partial charge in [-0.25, -0.2) is 0 Å². The summed E-state index contributed by atoms with van der Waals surface area (Å²) in [5.41, 5.74) is 2.41. The molecule has 0 spiro atoms. The number of nitrogens with one attached hydrogen (secondary N) is 1. The Labute approximate surface area is 108 Å². The first-order valence-electron chi connectivity index (χ1n) is 6.04. The zero-order valence-corrected chi connectivity index (χ0v) is 11.1. The minimum absolute atomic E-state index is 0.278. The molecule has 0 aliphatic heterocycles. The van der Waals surface area contributed by atoms with E-state index in [1.54, 1.807) is 7.11 Å². The SMILES string of the molecule is COc1cccc([C@@H](C)NCc2cnn(C)c2)c1. The number of nitrogens with zero attached hydrogens (tertiary/aromatic N) is 2. The molecule has 4 heteroatoms. The summed E-state index contributed by atoms with van der Waals surface area (Å²) in [6, 6.07) is 8.40. The van der Waals surface area contributed by atoms with Gasteiger partial charge < -0.3 is 10.1 Å². The van der Waals surface area contributed by atoms with Gasteiger partial charge in [0, 0.05) is 31.4 Å². The van der Waals surface area contributed by atoms with Crippen molar-refractivity contribution in [3.8, 4) is 5.75 Å². The molecule has 1 aromatic carbocycles. The molecule has 1 atom stereocenters. The smallest absolute Gasteiger partial charge is 0.119 e. The van der Waals surface area contributed by atoms with E-state index in [0.29, 0.717) is 0 Å². The zero-order valence-electron chi connectivity index (χ0n) is 11.1. The topological polar surface area (TPSA) is 39.1 Å². The van der Waals surface area contributed by atoms with Crippen molar-refractivity contribution in [1.29, 1.82) is 0 Å². The highest BCUT2D eigenvalue weighted by Gasteiger charge is 2.06. The fourth-order valence-electron chi connectivity index (χ4n) is 1.86. The molecule has 2 rings (SSSR count). The van der Waals surface area contributed by atoms with Crippen molar-refractivity contribution < 1.29 is 4.74 Å². The lowest BCUT2D eigenvalue weighted by atomic mass is 10.1. The molecule has 0 aliphatic rings. The standard InChI is InChI=1S/C14H19N3O/c1-11(13-5-4-6-14(7-13)18-3)15-8-12-9-16-17(2)10-12/h4-7,9-11,15H,8H2,1-3H3/t11-/m1/s1. The van der Waals surface area contributed by atoms with E-state index in [-0.39, 0.29) is 6.04 Å². The molecule has 0 unspecified atom stereocenters. The van der Waals surface area contributed by atoms with Gasteiger partial charge >= 0.3 is 0 Å². The second-order valence-corrected chi connectivity index (χ2v) is 4.40. The molecule has 0 saturated carbocycles. The number of benzene rings is 1. The van der Waals surface area contributed by atoms with Crippen LogP contribution in [0.2, 0.25) is 0 Å². The maximum atomic E-state index is 5.23. The monoisotopic (exact) mass is 245 g/mol. The largest absolute Gasteiger partial charge is 0.497 e. The third-order valence-electron chi connectivity index (χ3n) is 2.96. The molecule has 0 saturated heterocycles. The van der Waals surface area contributed by atoms with Gasteiger partial charge in [0.05, 0.1) is 13.3 Å². The molecule has 2 aromatic rings. The van der Waals surface area contributed by atoms with E-state index >= 15 is 0 Å². The van der Waals surface area contributed by atoms with E-state index in [1.807, 2.05) is 36.3 Å². The highest BCUT2D eigenvalue weighted by molar-refractivity contribution is 5.30. The van der Waals surface area contributed by atoms with Crippen LogP contribution >= 0.6 is 0 Å². The van der Waals surface area contributed by atoms with E-state index in [2.05, 4.69) is 29.5 Å². The van der Waals surface area contributed by atoms with Crippen LogP contribution in [-0.2, 0) is 13.6 Å². The normalized spacial score (nSPS) is 12.4. The highest BCUT2D eigenvalue weighted by atomic mass is 16.5. The molecular formula is C14H19N3O. The quantitative estimate of drug-likeness (QED) is 0.878. The zero-order chi connectivity index (χ0) is 13.0. The predicted molar refractivity (Wildman–Crippen MR) is 71.5 cm³/mol. The van der Waals surface area contributed by atoms with Gasteiger partial charge in [0.1, 0.15) is 5.75 Å². The van der Waals surface area contributed by atoms with Crippen LogP contribution < -0.4 is 10.1 Å². The number of methoxy groups -OCH3 is 1. The number of rotatable bonds is 5. The summed E-state index contributed by atoms with van der Waals surface area (Å²) < 4.78 is 7.04. The summed E-state index contributed by atoms with van der Waals surface area (Å²) in [5.74, 6) is 0.891. The molecule has 0 aliphatic carbocycles. The van der Waals surface area contributed by atoms with Crippen molar-refractivity contribution in [3.63, 3.8) is 0 Å². The summed E-state index contributed by atoms with van der Waals surface area (Å²) in [6.07, 6.45) is 3.90. The maximum Gasteiger partial charge on any atom is 0.119 e. The minimum Gasteiger partial charge on any atom is -0.497 e. The lowest BCUT2D eigenvalue weighted by molar-refractivity contribution is 0.413. The molecule has 1 aromatic heterocycles. The van der Waals surface area contributed by atoms with Gasteiger partial charge in [0.25, 0.3) is 0 Å². The van der Waals surface area contributed by atoms with E-state index < -0.39 is 0 Å². The molecule has 0 amide bonds. The van der Waals surface area contributed by atoms with Crippen LogP contribution in [-0.4, -0.2) is 16.9 Å². The Morgan fingerprint density at radius 3 is 2.94 bits per heavy atom. The van der Waals surface area contributed by atoms with Crippen molar-refractivity contribution in [3.05, 3.63) is 47.8 Å². The average molecular weight is 245 g/mol. The summed E-state index contributed by atoms with van der Waals surface area (Å²) in [6.45, 7) is 2.96. The van der Waals surface area contributed by atoms with Crippen LogP contribution in [0.5, 0.6) is 5.75 Å². The van der Waals surface area contributed by atoms with Gasteiger partial charge in [-0.2, -0.15) is 5.10 Å². The Morgan fingerprint density at radius 2 is 2.28 bits per heavy atom. The Kier molecular flexibility index (Phi) is 3.99. The molecule has 1 N–H and O–H groups in total. The van der Waals surface area contributed by atoms with E-state index in [0.717, 1.165) is 12.3 Å². The third kappa shape index (κ3) is 3.11. The second kappa shape index (κ2) is 5.69. The van der Waals surface area contributed by atoms with Crippen LogP contribution in [0.4, 0.5) is 0 Å². The van der Waals surface area contributed by atoms with E-state index in [4.69, 9.17) is 4.74 Å². The molecule has 4 nitrogen and oxygen atoms in total. The summed E-state index contributed by atoms with van der Waals surface area (Å²) >= 11 is 0. The number of aryl methyl sites for hydroxylation is 1. The van der Waals surface area contributed by atoms with Gasteiger partial charge in [-0.3, -0.25) is 4.68 Å². The molecular weight excluding hydrogens is 226 g/mol. The Morgan fingerprint density at radius 1 is 1.44 bits per heavy atom. The van der Waals surface area contributed by atoms with Crippen molar-refractivity contribution in [2.24, 2.45) is 7.05 Å². The number of ether oxygens (including phenoxy) is 1. The van der Waals surface area contributed by atoms with Crippen LogP contribution in [0.3, 0.4) is 0 Å². The Balaban J connectivity index is 1.96. The van der Waals surface area contributed by atoms with Crippen molar-refractivity contribution >= 4 is 0 Å². The maximum absolute atomic E-state index is 5.23. The van der Waals surface area contributed by atoms with Crippen molar-refractivity contribution in [2.45, 2.75) is 19.5 Å². The molecule has 0 bridgehead atoms. The third-order valence-corrected chi connectivity index (χ3v) is 2.96. The average Bonchev–Trinajstić information content (AvgIpc) is 2.82. The lowest BCUT2D eigenvalue weighted by Crippen LogP contribution is -2.17. The highest BCUT2D eigenvalue weighted by Crippen LogP contribution is 2.18. The Hall–Kier alpha value is -1.81. The Bertz CT molecular complexity index is 507. The van der Waals surface area contributed by atoms with Crippen LogP contribution in [0, 0.1) is 0 Å². The second-order valence-electron chi connectivity index (χ2n) is 4.40. The van der Waals surface area contributed by atoms with Crippen LogP contribution in [0.25, 0.3) is 0 Å². The van der Waals surface area contributed by atoms with Crippen LogP contribution in [0.15, 0.2) is 36.7 Å². The number of aromatic nitrogens is 2. The van der Waals surface area contributed by atoms with Gasteiger partial charge in [-0.1, -0.05) is 12.1 Å². The first kappa shape index (κ1) is 12.6. The van der Waals surface area contributed by atoms with E-state index in [9.17, 15) is 0 Å². The van der Waals surface area contributed by atoms with Gasteiger partial charge in [0.2, 0.25) is 0 Å². The molecule has 96 valence electrons. The number of hydrogen-bond donors (Lipinski definition) is 1. The molecule has 0 radical (unpaired) electrons. The molecule has 1 heterocycles. The minimum atomic E-state index is 0.278. The lowest BCUT2D eigenvalue weighted by Gasteiger charge is -2.14. The molecule has 18 heavy (non-hydrogen) atoms. The van der Waals surface area contributed by atoms with Crippen LogP contribution in [0.1, 0.15) is 24.1 Å². The predicted octanol–water partition coefficient (Wildman–Crippen LogP) is 2.28. The van der Waals surface area contributed by atoms with E-state index in [1.165, 1.54) is 11.1 Å². The fourth-order valence-corrected chi connectivity index (χ4v) is 1.86. The summed E-state index contributed by atoms with van der Waals surface area (Å²) in [5, 5.41) is 7.62. The van der Waals surface area contributed by atoms with Gasteiger partial charge in [-0.15, -0.1) is 0 Å². The molecule has 0 fully saturated rings. The number of hydrogen-bond acceptors (Lipinski definition) is 3. The first-order valence-corrected chi connectivity index (χ1v) is 6.04. The summed E-state index contributed by atoms with van der Waals surface area (Å²) in [7, 11) is 3.61. The summed E-state index contributed by atoms with van der Waals surface area (Å²) in [4.78, 5) is 0.